The summed E-state index contributed by atoms with van der Waals surface area (Å²) in [6.45, 7) is 4.32. The van der Waals surface area contributed by atoms with Crippen LogP contribution < -0.4 is 20.1 Å². The first-order valence-corrected chi connectivity index (χ1v) is 14.7. The highest BCUT2D eigenvalue weighted by atomic mass is 16.5. The van der Waals surface area contributed by atoms with Gasteiger partial charge in [0.1, 0.15) is 5.82 Å². The van der Waals surface area contributed by atoms with Gasteiger partial charge in [-0.25, -0.2) is 4.98 Å². The Hall–Kier alpha value is -3.53. The summed E-state index contributed by atoms with van der Waals surface area (Å²) in [6.07, 6.45) is 6.01. The topological polar surface area (TPSA) is 104 Å². The van der Waals surface area contributed by atoms with Crippen molar-refractivity contribution in [3.8, 4) is 11.5 Å². The van der Waals surface area contributed by atoms with E-state index in [0.717, 1.165) is 56.4 Å². The molecule has 10 heteroatoms. The molecule has 1 saturated carbocycles. The quantitative estimate of drug-likeness (QED) is 0.548. The molecule has 0 unspecified atom stereocenters. The number of piperazine rings is 1. The van der Waals surface area contributed by atoms with Gasteiger partial charge in [0.05, 0.1) is 19.8 Å². The number of carbonyl (C=O) groups is 2. The van der Waals surface area contributed by atoms with Gasteiger partial charge in [0, 0.05) is 69.6 Å². The van der Waals surface area contributed by atoms with Crippen molar-refractivity contribution in [3.05, 3.63) is 41.6 Å². The Bertz CT molecular complexity index is 1250. The number of hydrogen-bond acceptors (Lipinski definition) is 8. The molecule has 2 aromatic rings. The van der Waals surface area contributed by atoms with Crippen LogP contribution in [0, 0.1) is 5.92 Å². The summed E-state index contributed by atoms with van der Waals surface area (Å²) in [7, 11) is 7.30. The minimum Gasteiger partial charge on any atom is -0.493 e. The molecule has 1 aliphatic carbocycles. The highest BCUT2D eigenvalue weighted by Crippen LogP contribution is 2.50. The summed E-state index contributed by atoms with van der Waals surface area (Å²) in [5.41, 5.74) is 8.84. The molecule has 5 rings (SSSR count). The van der Waals surface area contributed by atoms with Gasteiger partial charge < -0.3 is 34.8 Å². The Labute approximate surface area is 243 Å². The number of rotatable bonds is 7. The van der Waals surface area contributed by atoms with Crippen LogP contribution in [0.25, 0.3) is 0 Å². The third-order valence-corrected chi connectivity index (χ3v) is 9.19. The number of aromatic nitrogens is 1. The number of ether oxygens (including phenoxy) is 2. The van der Waals surface area contributed by atoms with Gasteiger partial charge in [-0.1, -0.05) is 0 Å². The minimum atomic E-state index is -0.437. The van der Waals surface area contributed by atoms with E-state index in [1.54, 1.807) is 20.4 Å². The number of hydrogen-bond donors (Lipinski definition) is 1. The molecule has 1 aromatic carbocycles. The number of anilines is 2. The Morgan fingerprint density at radius 2 is 1.71 bits per heavy atom. The van der Waals surface area contributed by atoms with E-state index in [1.165, 1.54) is 5.56 Å². The molecule has 10 nitrogen and oxygen atoms in total. The molecule has 41 heavy (non-hydrogen) atoms. The maximum Gasteiger partial charge on any atom is 0.225 e. The Kier molecular flexibility index (Phi) is 8.58. The van der Waals surface area contributed by atoms with Gasteiger partial charge >= 0.3 is 0 Å². The van der Waals surface area contributed by atoms with Crippen LogP contribution in [0.4, 0.5) is 11.5 Å². The molecule has 0 bridgehead atoms. The number of nitrogens with zero attached hydrogens (tertiary/aromatic N) is 5. The fourth-order valence-electron chi connectivity index (χ4n) is 6.93. The van der Waals surface area contributed by atoms with Gasteiger partial charge in [-0.05, 0) is 75.5 Å². The second-order valence-electron chi connectivity index (χ2n) is 11.8. The number of nitrogens with two attached hydrogens (primary N) is 1. The average Bonchev–Trinajstić information content (AvgIpc) is 2.99. The predicted molar refractivity (Wildman–Crippen MR) is 159 cm³/mol. The van der Waals surface area contributed by atoms with E-state index >= 15 is 0 Å². The molecule has 1 saturated heterocycles. The molecule has 0 radical (unpaired) electrons. The first-order chi connectivity index (χ1) is 19.8. The molecule has 1 aromatic heterocycles. The number of nitrogen functional groups attached to an aromatic ring is 1. The van der Waals surface area contributed by atoms with Crippen LogP contribution in [-0.4, -0.2) is 99.1 Å². The number of carbonyl (C=O) groups excluding carboxylic acids is 2. The minimum absolute atomic E-state index is 0.0343. The van der Waals surface area contributed by atoms with Crippen molar-refractivity contribution >= 4 is 23.3 Å². The predicted octanol–water partition coefficient (Wildman–Crippen LogP) is 2.75. The molecule has 0 atom stereocenters. The van der Waals surface area contributed by atoms with E-state index in [9.17, 15) is 9.59 Å². The maximum absolute atomic E-state index is 13.7. The average molecular weight is 565 g/mol. The Morgan fingerprint density at radius 3 is 2.34 bits per heavy atom. The monoisotopic (exact) mass is 564 g/mol. The van der Waals surface area contributed by atoms with E-state index in [-0.39, 0.29) is 17.7 Å². The lowest BCUT2D eigenvalue weighted by molar-refractivity contribution is -0.144. The van der Waals surface area contributed by atoms with E-state index in [1.807, 2.05) is 31.1 Å². The van der Waals surface area contributed by atoms with Crippen LogP contribution in [0.1, 0.15) is 43.2 Å². The second-order valence-corrected chi connectivity index (χ2v) is 11.8. The normalized spacial score (nSPS) is 22.6. The molecular formula is C31H44N6O4. The number of amides is 2. The van der Waals surface area contributed by atoms with Crippen molar-refractivity contribution in [2.75, 3.05) is 78.2 Å². The van der Waals surface area contributed by atoms with E-state index in [0.29, 0.717) is 49.9 Å². The van der Waals surface area contributed by atoms with Crippen LogP contribution in [-0.2, 0) is 21.5 Å². The lowest BCUT2D eigenvalue weighted by Crippen LogP contribution is -2.56. The third-order valence-electron chi connectivity index (χ3n) is 9.19. The molecule has 2 fully saturated rings. The van der Waals surface area contributed by atoms with Gasteiger partial charge in [-0.3, -0.25) is 9.59 Å². The van der Waals surface area contributed by atoms with Gasteiger partial charge in [0.2, 0.25) is 11.8 Å². The fourth-order valence-corrected chi connectivity index (χ4v) is 6.93. The summed E-state index contributed by atoms with van der Waals surface area (Å²) in [4.78, 5) is 39.9. The van der Waals surface area contributed by atoms with Gasteiger partial charge in [-0.15, -0.1) is 0 Å². The molecular weight excluding hydrogens is 520 g/mol. The van der Waals surface area contributed by atoms with E-state index < -0.39 is 5.54 Å². The molecule has 3 aliphatic rings. The van der Waals surface area contributed by atoms with Crippen LogP contribution in [0.3, 0.4) is 0 Å². The number of benzene rings is 1. The zero-order chi connectivity index (χ0) is 29.1. The zero-order valence-corrected chi connectivity index (χ0v) is 24.9. The van der Waals surface area contributed by atoms with Crippen molar-refractivity contribution in [3.63, 3.8) is 0 Å². The van der Waals surface area contributed by atoms with Gasteiger partial charge in [0.15, 0.2) is 11.5 Å². The molecule has 222 valence electrons. The lowest BCUT2D eigenvalue weighted by atomic mass is 9.68. The van der Waals surface area contributed by atoms with Crippen molar-refractivity contribution in [1.82, 2.24) is 19.7 Å². The number of methoxy groups -OCH3 is 2. The second kappa shape index (κ2) is 12.1. The first kappa shape index (κ1) is 29.0. The van der Waals surface area contributed by atoms with E-state index in [2.05, 4.69) is 31.8 Å². The smallest absolute Gasteiger partial charge is 0.225 e. The number of fused-ring (bicyclic) bond motifs is 2. The van der Waals surface area contributed by atoms with Crippen molar-refractivity contribution in [2.24, 2.45) is 5.92 Å². The fraction of sp³-hybridized carbons (Fsp3) is 0.581. The summed E-state index contributed by atoms with van der Waals surface area (Å²) >= 11 is 0. The van der Waals surface area contributed by atoms with Crippen molar-refractivity contribution < 1.29 is 19.1 Å². The largest absolute Gasteiger partial charge is 0.493 e. The van der Waals surface area contributed by atoms with Crippen LogP contribution >= 0.6 is 0 Å². The summed E-state index contributed by atoms with van der Waals surface area (Å²) < 4.78 is 11.3. The summed E-state index contributed by atoms with van der Waals surface area (Å²) in [6, 6.07) is 8.00. The van der Waals surface area contributed by atoms with Gasteiger partial charge in [-0.2, -0.15) is 0 Å². The maximum atomic E-state index is 13.7. The Morgan fingerprint density at radius 1 is 1.02 bits per heavy atom. The highest BCUT2D eigenvalue weighted by Gasteiger charge is 2.48. The molecule has 3 heterocycles. The third kappa shape index (κ3) is 5.80. The molecule has 1 spiro atoms. The van der Waals surface area contributed by atoms with Crippen LogP contribution in [0.2, 0.25) is 0 Å². The zero-order valence-electron chi connectivity index (χ0n) is 24.9. The van der Waals surface area contributed by atoms with Gasteiger partial charge in [0.25, 0.3) is 0 Å². The van der Waals surface area contributed by atoms with E-state index in [4.69, 9.17) is 15.2 Å². The molecule has 2 N–H and O–H groups in total. The first-order valence-electron chi connectivity index (χ1n) is 14.7. The summed E-state index contributed by atoms with van der Waals surface area (Å²) in [5, 5.41) is 0. The van der Waals surface area contributed by atoms with Crippen LogP contribution in [0.5, 0.6) is 11.5 Å². The Balaban J connectivity index is 1.32. The summed E-state index contributed by atoms with van der Waals surface area (Å²) in [5.74, 6) is 2.28. The standard InChI is InChI=1S/C31H44N6O4/c1-34(2)13-9-29(38)37-14-8-23-19-26(40-3)27(41-4)21-25(23)31(37)10-5-22(6-11-31)30(39)36-17-15-35(16-18-36)24-7-12-33-28(32)20-24/h7,12,19-22H,5-6,8-11,13-18H2,1-4H3,(H2,32,33). The SMILES string of the molecule is COc1cc2c(cc1OC)C1(CCC(C(=O)N3CCN(c4ccnc(N)c4)CC3)CC1)N(C(=O)CCN(C)C)CC2. The van der Waals surface area contributed by atoms with Crippen LogP contribution in [0.15, 0.2) is 30.5 Å². The number of pyridine rings is 1. The molecule has 2 amide bonds. The highest BCUT2D eigenvalue weighted by molar-refractivity contribution is 5.80. The molecule has 2 aliphatic heterocycles. The van der Waals surface area contributed by atoms with Crippen molar-refractivity contribution in [2.45, 2.75) is 44.1 Å². The lowest BCUT2D eigenvalue weighted by Gasteiger charge is -2.52. The van der Waals surface area contributed by atoms with Crippen molar-refractivity contribution in [1.29, 1.82) is 0 Å².